The van der Waals surface area contributed by atoms with Gasteiger partial charge in [0.1, 0.15) is 0 Å². The lowest BCUT2D eigenvalue weighted by atomic mass is 10.1. The van der Waals surface area contributed by atoms with Crippen LogP contribution >= 0.6 is 0 Å². The molecule has 7 heteroatoms. The molecule has 1 aromatic heterocycles. The predicted molar refractivity (Wildman–Crippen MR) is 67.2 cm³/mol. The molecule has 6 nitrogen and oxygen atoms in total. The molecule has 2 rings (SSSR count). The maximum Gasteiger partial charge on any atom is 0.229 e. The highest BCUT2D eigenvalue weighted by Gasteiger charge is 2.18. The van der Waals surface area contributed by atoms with Gasteiger partial charge in [-0.1, -0.05) is 17.7 Å². The van der Waals surface area contributed by atoms with Gasteiger partial charge in [-0.05, 0) is 31.9 Å². The van der Waals surface area contributed by atoms with E-state index >= 15 is 0 Å². The van der Waals surface area contributed by atoms with E-state index in [-0.39, 0.29) is 10.8 Å². The van der Waals surface area contributed by atoms with Gasteiger partial charge >= 0.3 is 0 Å². The minimum Gasteiger partial charge on any atom is -0.347 e. The summed E-state index contributed by atoms with van der Waals surface area (Å²) in [5.74, 6) is -0.0191. The maximum absolute atomic E-state index is 12.2. The van der Waals surface area contributed by atoms with Crippen molar-refractivity contribution in [1.29, 1.82) is 0 Å². The van der Waals surface area contributed by atoms with Crippen LogP contribution in [0.2, 0.25) is 0 Å². The summed E-state index contributed by atoms with van der Waals surface area (Å²) in [6.45, 7) is 5.43. The second kappa shape index (κ2) is 4.41. The van der Waals surface area contributed by atoms with Crippen molar-refractivity contribution < 1.29 is 8.42 Å². The molecule has 0 fully saturated rings. The Morgan fingerprint density at radius 2 is 1.78 bits per heavy atom. The maximum atomic E-state index is 12.2. The van der Waals surface area contributed by atoms with Crippen LogP contribution in [0, 0.1) is 20.8 Å². The van der Waals surface area contributed by atoms with Crippen molar-refractivity contribution in [3.05, 3.63) is 39.9 Å². The van der Waals surface area contributed by atoms with Crippen LogP contribution in [0.1, 0.15) is 16.7 Å². The first kappa shape index (κ1) is 12.6. The molecule has 0 spiro atoms. The van der Waals surface area contributed by atoms with Crippen LogP contribution in [0.15, 0.2) is 23.4 Å². The first-order valence-corrected chi connectivity index (χ1v) is 6.75. The highest BCUT2D eigenvalue weighted by molar-refractivity contribution is 7.94. The number of aryl methyl sites for hydroxylation is 3. The zero-order valence-corrected chi connectivity index (χ0v) is 11.1. The number of nitrogens with one attached hydrogen (secondary N) is 1. The third-order valence-electron chi connectivity index (χ3n) is 2.47. The molecule has 18 heavy (non-hydrogen) atoms. The van der Waals surface area contributed by atoms with E-state index in [0.29, 0.717) is 11.1 Å². The van der Waals surface area contributed by atoms with Gasteiger partial charge < -0.3 is 10.1 Å². The zero-order valence-electron chi connectivity index (χ0n) is 10.3. The smallest absolute Gasteiger partial charge is 0.229 e. The lowest BCUT2D eigenvalue weighted by molar-refractivity contribution is 0.602. The van der Waals surface area contributed by atoms with Crippen LogP contribution in [0.5, 0.6) is 0 Å². The van der Waals surface area contributed by atoms with Crippen LogP contribution in [0.4, 0.5) is 5.95 Å². The molecular formula is C11H13N4O2S-. The standard InChI is InChI=1S/C11H13N4O2S/c1-7-4-8(2)10(9(3)5-7)18(16,17)15-11-12-6-13-14-11/h4-6H,1-3H3,(H-,12,13,14,15)/q-1. The Morgan fingerprint density at radius 1 is 1.17 bits per heavy atom. The van der Waals surface area contributed by atoms with E-state index in [0.717, 1.165) is 5.56 Å². The average Bonchev–Trinajstić information content (AvgIpc) is 2.66. The van der Waals surface area contributed by atoms with Crippen molar-refractivity contribution in [3.63, 3.8) is 0 Å². The minimum atomic E-state index is -3.77. The minimum absolute atomic E-state index is 0.0191. The van der Waals surface area contributed by atoms with Crippen molar-refractivity contribution in [1.82, 2.24) is 15.2 Å². The molecule has 0 saturated carbocycles. The summed E-state index contributed by atoms with van der Waals surface area (Å²) in [6.07, 6.45) is 1.21. The molecule has 0 saturated heterocycles. The SMILES string of the molecule is Cc1cc(C)c(S(=O)(=O)[N-]c2ncn[nH]2)c(C)c1. The topological polar surface area (TPSA) is 89.8 Å². The highest BCUT2D eigenvalue weighted by Crippen LogP contribution is 2.29. The first-order chi connectivity index (χ1) is 8.40. The Bertz CT molecular complexity index is 639. The summed E-state index contributed by atoms with van der Waals surface area (Å²) in [5.41, 5.74) is 2.37. The van der Waals surface area contributed by atoms with Crippen LogP contribution < -0.4 is 0 Å². The number of hydrogen-bond acceptors (Lipinski definition) is 4. The van der Waals surface area contributed by atoms with E-state index in [1.807, 2.05) is 19.1 Å². The Balaban J connectivity index is 2.48. The molecule has 0 atom stereocenters. The third-order valence-corrected chi connectivity index (χ3v) is 4.04. The summed E-state index contributed by atoms with van der Waals surface area (Å²) in [6, 6.07) is 3.63. The molecule has 0 unspecified atom stereocenters. The molecule has 2 aromatic rings. The molecular weight excluding hydrogens is 252 g/mol. The van der Waals surface area contributed by atoms with Crippen molar-refractivity contribution in [2.45, 2.75) is 25.7 Å². The number of aromatic amines is 1. The monoisotopic (exact) mass is 265 g/mol. The summed E-state index contributed by atoms with van der Waals surface area (Å²) < 4.78 is 28.0. The summed E-state index contributed by atoms with van der Waals surface area (Å²) >= 11 is 0. The molecule has 0 aliphatic carbocycles. The first-order valence-electron chi connectivity index (χ1n) is 5.31. The number of sulfonamides is 1. The van der Waals surface area contributed by atoms with Gasteiger partial charge in [-0.2, -0.15) is 0 Å². The van der Waals surface area contributed by atoms with Gasteiger partial charge in [-0.3, -0.25) is 4.72 Å². The Kier molecular flexibility index (Phi) is 3.08. The van der Waals surface area contributed by atoms with Crippen LogP contribution in [-0.2, 0) is 10.0 Å². The molecule has 0 aliphatic heterocycles. The number of rotatable bonds is 3. The van der Waals surface area contributed by atoms with Crippen molar-refractivity contribution in [2.24, 2.45) is 0 Å². The van der Waals surface area contributed by atoms with Gasteiger partial charge in [-0.15, -0.1) is 0 Å². The van der Waals surface area contributed by atoms with Crippen LogP contribution in [-0.4, -0.2) is 23.6 Å². The Morgan fingerprint density at radius 3 is 2.28 bits per heavy atom. The molecule has 1 aromatic carbocycles. The van der Waals surface area contributed by atoms with Crippen LogP contribution in [0.25, 0.3) is 4.72 Å². The fourth-order valence-corrected chi connectivity index (χ4v) is 3.31. The zero-order chi connectivity index (χ0) is 13.3. The van der Waals surface area contributed by atoms with Crippen molar-refractivity contribution >= 4 is 16.0 Å². The average molecular weight is 265 g/mol. The van der Waals surface area contributed by atoms with E-state index in [1.54, 1.807) is 13.8 Å². The fraction of sp³-hybridized carbons (Fsp3) is 0.273. The highest BCUT2D eigenvalue weighted by atomic mass is 32.2. The van der Waals surface area contributed by atoms with Crippen molar-refractivity contribution in [2.75, 3.05) is 0 Å². The Labute approximate surface area is 106 Å². The van der Waals surface area contributed by atoms with Gasteiger partial charge in [0.2, 0.25) is 10.0 Å². The molecule has 0 aliphatic rings. The molecule has 0 radical (unpaired) electrons. The van der Waals surface area contributed by atoms with E-state index < -0.39 is 10.0 Å². The molecule has 0 bridgehead atoms. The van der Waals surface area contributed by atoms with E-state index in [2.05, 4.69) is 19.9 Å². The van der Waals surface area contributed by atoms with Gasteiger partial charge in [-0.25, -0.2) is 13.5 Å². The van der Waals surface area contributed by atoms with E-state index in [4.69, 9.17) is 0 Å². The van der Waals surface area contributed by atoms with Gasteiger partial charge in [0.25, 0.3) is 0 Å². The predicted octanol–water partition coefficient (Wildman–Crippen LogP) is 2.12. The summed E-state index contributed by atoms with van der Waals surface area (Å²) in [7, 11) is -3.77. The normalized spacial score (nSPS) is 11.5. The number of nitrogens with zero attached hydrogens (tertiary/aromatic N) is 3. The molecule has 1 heterocycles. The number of benzene rings is 1. The quantitative estimate of drug-likeness (QED) is 0.920. The largest absolute Gasteiger partial charge is 0.347 e. The lowest BCUT2D eigenvalue weighted by Gasteiger charge is -2.14. The van der Waals surface area contributed by atoms with Gasteiger partial charge in [0.05, 0.1) is 11.2 Å². The van der Waals surface area contributed by atoms with E-state index in [9.17, 15) is 8.42 Å². The van der Waals surface area contributed by atoms with Crippen molar-refractivity contribution in [3.8, 4) is 0 Å². The number of H-pyrrole nitrogens is 1. The van der Waals surface area contributed by atoms with Crippen LogP contribution in [0.3, 0.4) is 0 Å². The Hall–Kier alpha value is -1.89. The fourth-order valence-electron chi connectivity index (χ4n) is 1.98. The molecule has 96 valence electrons. The summed E-state index contributed by atoms with van der Waals surface area (Å²) in [4.78, 5) is 3.92. The summed E-state index contributed by atoms with van der Waals surface area (Å²) in [5, 5.41) is 5.97. The molecule has 1 N–H and O–H groups in total. The van der Waals surface area contributed by atoms with Gasteiger partial charge in [0, 0.05) is 5.95 Å². The number of hydrogen-bond donors (Lipinski definition) is 1. The lowest BCUT2D eigenvalue weighted by Crippen LogP contribution is -2.04. The second-order valence-electron chi connectivity index (χ2n) is 4.10. The number of aromatic nitrogens is 3. The second-order valence-corrected chi connectivity index (χ2v) is 5.64. The third kappa shape index (κ3) is 2.35. The van der Waals surface area contributed by atoms with E-state index in [1.165, 1.54) is 6.33 Å². The van der Waals surface area contributed by atoms with Gasteiger partial charge in [0.15, 0.2) is 0 Å². The molecule has 0 amide bonds.